The molecule has 1 rings (SSSR count). The molecule has 0 aliphatic rings. The molecule has 0 aliphatic carbocycles. The monoisotopic (exact) mass is 273 g/mol. The van der Waals surface area contributed by atoms with E-state index in [0.29, 0.717) is 0 Å². The third-order valence-electron chi connectivity index (χ3n) is 2.93. The molecule has 0 aliphatic heterocycles. The molecule has 0 unspecified atom stereocenters. The van der Waals surface area contributed by atoms with Crippen molar-refractivity contribution < 1.29 is 0 Å². The van der Waals surface area contributed by atoms with E-state index in [-0.39, 0.29) is 12.4 Å². The highest BCUT2D eigenvalue weighted by Gasteiger charge is 1.97. The number of unbranched alkanes of at least 4 members (excludes halogenated alkanes) is 4. The van der Waals surface area contributed by atoms with E-state index in [1.807, 2.05) is 10.9 Å². The molecule has 0 atom stereocenters. The number of aromatic nitrogens is 2. The van der Waals surface area contributed by atoms with Crippen molar-refractivity contribution in [2.24, 2.45) is 0 Å². The lowest BCUT2D eigenvalue weighted by molar-refractivity contribution is 0.581. The molecule has 0 saturated carbocycles. The zero-order valence-corrected chi connectivity index (χ0v) is 12.6. The Morgan fingerprint density at radius 3 is 2.61 bits per heavy atom. The Morgan fingerprint density at radius 2 is 1.89 bits per heavy atom. The maximum atomic E-state index is 4.32. The molecule has 0 fully saturated rings. The summed E-state index contributed by atoms with van der Waals surface area (Å²) < 4.78 is 2.03. The summed E-state index contributed by atoms with van der Waals surface area (Å²) in [6.07, 6.45) is 12.0. The van der Waals surface area contributed by atoms with Crippen LogP contribution in [-0.4, -0.2) is 16.3 Å². The molecule has 106 valence electrons. The lowest BCUT2D eigenvalue weighted by atomic mass is 10.1. The molecule has 1 aromatic heterocycles. The fourth-order valence-electron chi connectivity index (χ4n) is 1.94. The average Bonchev–Trinajstić information content (AvgIpc) is 2.76. The lowest BCUT2D eigenvalue weighted by Gasteiger charge is -2.02. The Balaban J connectivity index is 0.00000289. The quantitative estimate of drug-likeness (QED) is 0.658. The first-order valence-electron chi connectivity index (χ1n) is 7.08. The summed E-state index contributed by atoms with van der Waals surface area (Å²) in [5.41, 5.74) is 1.30. The van der Waals surface area contributed by atoms with Crippen molar-refractivity contribution in [3.8, 4) is 0 Å². The molecular weight excluding hydrogens is 246 g/mol. The van der Waals surface area contributed by atoms with Crippen LogP contribution in [0.3, 0.4) is 0 Å². The van der Waals surface area contributed by atoms with Gasteiger partial charge in [-0.1, -0.05) is 39.5 Å². The van der Waals surface area contributed by atoms with E-state index in [1.165, 1.54) is 37.7 Å². The first kappa shape index (κ1) is 17.5. The highest BCUT2D eigenvalue weighted by Crippen LogP contribution is 2.02. The minimum atomic E-state index is 0. The molecule has 0 radical (unpaired) electrons. The van der Waals surface area contributed by atoms with E-state index in [2.05, 4.69) is 30.5 Å². The SMILES string of the molecule is CCCCCCCNCc1cnn(CCC)c1.Cl. The van der Waals surface area contributed by atoms with Crippen LogP contribution in [0.2, 0.25) is 0 Å². The molecule has 1 aromatic rings. The number of hydrogen-bond acceptors (Lipinski definition) is 2. The van der Waals surface area contributed by atoms with Crippen LogP contribution in [0, 0.1) is 0 Å². The first-order valence-corrected chi connectivity index (χ1v) is 7.08. The van der Waals surface area contributed by atoms with Crippen LogP contribution in [0.15, 0.2) is 12.4 Å². The minimum Gasteiger partial charge on any atom is -0.313 e. The Hall–Kier alpha value is -0.540. The van der Waals surface area contributed by atoms with Gasteiger partial charge in [0.1, 0.15) is 0 Å². The van der Waals surface area contributed by atoms with Crippen LogP contribution in [0.5, 0.6) is 0 Å². The molecule has 3 nitrogen and oxygen atoms in total. The van der Waals surface area contributed by atoms with Crippen LogP contribution < -0.4 is 5.32 Å². The topological polar surface area (TPSA) is 29.9 Å². The molecule has 4 heteroatoms. The number of nitrogens with one attached hydrogen (secondary N) is 1. The van der Waals surface area contributed by atoms with Gasteiger partial charge in [-0.25, -0.2) is 0 Å². The smallest absolute Gasteiger partial charge is 0.0534 e. The van der Waals surface area contributed by atoms with Gasteiger partial charge in [0.05, 0.1) is 6.20 Å². The maximum absolute atomic E-state index is 4.32. The Labute approximate surface area is 118 Å². The van der Waals surface area contributed by atoms with Crippen molar-refractivity contribution in [1.82, 2.24) is 15.1 Å². The van der Waals surface area contributed by atoms with Crippen molar-refractivity contribution in [3.63, 3.8) is 0 Å². The highest BCUT2D eigenvalue weighted by molar-refractivity contribution is 5.85. The standard InChI is InChI=1S/C14H27N3.ClH/c1-3-5-6-7-8-9-15-11-14-12-16-17(13-14)10-4-2;/h12-13,15H,3-11H2,1-2H3;1H. The van der Waals surface area contributed by atoms with Gasteiger partial charge >= 0.3 is 0 Å². The molecule has 1 heterocycles. The lowest BCUT2D eigenvalue weighted by Crippen LogP contribution is -2.14. The highest BCUT2D eigenvalue weighted by atomic mass is 35.5. The van der Waals surface area contributed by atoms with Gasteiger partial charge in [-0.15, -0.1) is 12.4 Å². The third-order valence-corrected chi connectivity index (χ3v) is 2.93. The second kappa shape index (κ2) is 11.5. The van der Waals surface area contributed by atoms with E-state index in [4.69, 9.17) is 0 Å². The van der Waals surface area contributed by atoms with E-state index in [1.54, 1.807) is 0 Å². The number of hydrogen-bond donors (Lipinski definition) is 1. The third kappa shape index (κ3) is 7.72. The zero-order valence-electron chi connectivity index (χ0n) is 11.8. The van der Waals surface area contributed by atoms with Crippen molar-refractivity contribution in [2.75, 3.05) is 6.54 Å². The second-order valence-corrected chi connectivity index (χ2v) is 4.70. The van der Waals surface area contributed by atoms with Crippen LogP contribution >= 0.6 is 12.4 Å². The summed E-state index contributed by atoms with van der Waals surface area (Å²) in [4.78, 5) is 0. The fraction of sp³-hybridized carbons (Fsp3) is 0.786. The van der Waals surface area contributed by atoms with E-state index in [0.717, 1.165) is 26.1 Å². The Kier molecular flexibility index (Phi) is 11.2. The normalized spacial score (nSPS) is 10.3. The molecule has 0 spiro atoms. The first-order chi connectivity index (χ1) is 8.36. The summed E-state index contributed by atoms with van der Waals surface area (Å²) in [6, 6.07) is 0. The van der Waals surface area contributed by atoms with Gasteiger partial charge in [-0.2, -0.15) is 5.10 Å². The van der Waals surface area contributed by atoms with Crippen molar-refractivity contribution in [3.05, 3.63) is 18.0 Å². The van der Waals surface area contributed by atoms with Crippen LogP contribution in [-0.2, 0) is 13.1 Å². The van der Waals surface area contributed by atoms with Crippen molar-refractivity contribution in [2.45, 2.75) is 65.5 Å². The Bertz CT molecular complexity index is 286. The van der Waals surface area contributed by atoms with Crippen molar-refractivity contribution >= 4 is 12.4 Å². The number of nitrogens with zero attached hydrogens (tertiary/aromatic N) is 2. The molecule has 0 aromatic carbocycles. The Morgan fingerprint density at radius 1 is 1.11 bits per heavy atom. The van der Waals surface area contributed by atoms with E-state index >= 15 is 0 Å². The molecule has 1 N–H and O–H groups in total. The van der Waals surface area contributed by atoms with Gasteiger partial charge in [-0.05, 0) is 19.4 Å². The molecule has 0 bridgehead atoms. The largest absolute Gasteiger partial charge is 0.313 e. The van der Waals surface area contributed by atoms with Gasteiger partial charge in [0, 0.05) is 24.8 Å². The van der Waals surface area contributed by atoms with Gasteiger partial charge < -0.3 is 5.32 Å². The molecule has 0 amide bonds. The zero-order chi connectivity index (χ0) is 12.3. The molecular formula is C14H28ClN3. The van der Waals surface area contributed by atoms with Crippen LogP contribution in [0.1, 0.15) is 57.9 Å². The minimum absolute atomic E-state index is 0. The van der Waals surface area contributed by atoms with Gasteiger partial charge in [0.2, 0.25) is 0 Å². The number of rotatable bonds is 10. The number of aryl methyl sites for hydroxylation is 1. The van der Waals surface area contributed by atoms with Gasteiger partial charge in [0.25, 0.3) is 0 Å². The van der Waals surface area contributed by atoms with Crippen LogP contribution in [0.4, 0.5) is 0 Å². The summed E-state index contributed by atoms with van der Waals surface area (Å²) in [5, 5.41) is 7.80. The maximum Gasteiger partial charge on any atom is 0.0534 e. The summed E-state index contributed by atoms with van der Waals surface area (Å²) in [6.45, 7) is 7.54. The van der Waals surface area contributed by atoms with Crippen molar-refractivity contribution in [1.29, 1.82) is 0 Å². The predicted molar refractivity (Wildman–Crippen MR) is 80.2 cm³/mol. The van der Waals surface area contributed by atoms with E-state index in [9.17, 15) is 0 Å². The number of halogens is 1. The predicted octanol–water partition coefficient (Wildman–Crippen LogP) is 3.77. The summed E-state index contributed by atoms with van der Waals surface area (Å²) in [5.74, 6) is 0. The molecule has 0 saturated heterocycles. The summed E-state index contributed by atoms with van der Waals surface area (Å²) >= 11 is 0. The van der Waals surface area contributed by atoms with Gasteiger partial charge in [0.15, 0.2) is 0 Å². The van der Waals surface area contributed by atoms with Crippen LogP contribution in [0.25, 0.3) is 0 Å². The molecule has 18 heavy (non-hydrogen) atoms. The van der Waals surface area contributed by atoms with Gasteiger partial charge in [-0.3, -0.25) is 4.68 Å². The fourth-order valence-corrected chi connectivity index (χ4v) is 1.94. The second-order valence-electron chi connectivity index (χ2n) is 4.70. The average molecular weight is 274 g/mol. The van der Waals surface area contributed by atoms with E-state index < -0.39 is 0 Å². The summed E-state index contributed by atoms with van der Waals surface area (Å²) in [7, 11) is 0.